The number of fused-ring (bicyclic) bond motifs is 1. The molecule has 2 unspecified atom stereocenters. The molecule has 9 nitrogen and oxygen atoms in total. The van der Waals surface area contributed by atoms with Gasteiger partial charge in [-0.15, -0.1) is 0 Å². The molecule has 2 aliphatic rings. The highest BCUT2D eigenvalue weighted by Crippen LogP contribution is 2.27. The first kappa shape index (κ1) is 22.4. The molecule has 172 valence electrons. The number of amides is 1. The van der Waals surface area contributed by atoms with Gasteiger partial charge in [-0.2, -0.15) is 0 Å². The molecule has 4 rings (SSSR count). The molecule has 0 saturated heterocycles. The number of aliphatic imine (C=N–C) groups is 2. The van der Waals surface area contributed by atoms with Crippen LogP contribution in [0.5, 0.6) is 0 Å². The smallest absolute Gasteiger partial charge is 0.407 e. The highest BCUT2D eigenvalue weighted by molar-refractivity contribution is 6.04. The SMILES string of the molecule is CCN1C(c2nc(-c3cccc(CNC(=O)OC(C)(C)C)c3)cnc2N)=NC2C=NC=CC21. The van der Waals surface area contributed by atoms with Gasteiger partial charge in [0.15, 0.2) is 11.7 Å². The van der Waals surface area contributed by atoms with Gasteiger partial charge in [0, 0.05) is 31.1 Å². The minimum absolute atomic E-state index is 0.0583. The van der Waals surface area contributed by atoms with Gasteiger partial charge in [0.05, 0.1) is 17.9 Å². The standard InChI is InChI=1S/C24H29N7O2/c1-5-31-19-9-10-26-13-18(19)30-22(31)20-21(25)27-14-17(29-20)16-8-6-7-15(11-16)12-28-23(32)33-24(2,3)4/h6-11,13-14,18-19H,5,12H2,1-4H3,(H2,25,27)(H,28,32). The first-order valence-corrected chi connectivity index (χ1v) is 11.0. The van der Waals surface area contributed by atoms with Crippen molar-refractivity contribution < 1.29 is 9.53 Å². The number of nitrogens with zero attached hydrogens (tertiary/aromatic N) is 5. The first-order valence-electron chi connectivity index (χ1n) is 11.0. The van der Waals surface area contributed by atoms with Crippen molar-refractivity contribution in [2.75, 3.05) is 12.3 Å². The highest BCUT2D eigenvalue weighted by Gasteiger charge is 2.36. The van der Waals surface area contributed by atoms with Crippen molar-refractivity contribution in [3.05, 3.63) is 54.0 Å². The van der Waals surface area contributed by atoms with Crippen LogP contribution in [0.1, 0.15) is 39.0 Å². The number of amidine groups is 1. The lowest BCUT2D eigenvalue weighted by Crippen LogP contribution is -2.40. The summed E-state index contributed by atoms with van der Waals surface area (Å²) in [6, 6.07) is 7.81. The molecule has 2 aromatic rings. The van der Waals surface area contributed by atoms with E-state index in [1.807, 2.05) is 57.3 Å². The molecule has 0 aliphatic carbocycles. The Hall–Kier alpha value is -3.75. The Bertz CT molecular complexity index is 1130. The zero-order valence-corrected chi connectivity index (χ0v) is 19.3. The molecule has 3 heterocycles. The predicted octanol–water partition coefficient (Wildman–Crippen LogP) is 3.17. The van der Waals surface area contributed by atoms with Crippen LogP contribution >= 0.6 is 0 Å². The van der Waals surface area contributed by atoms with Gasteiger partial charge in [-0.3, -0.25) is 9.98 Å². The van der Waals surface area contributed by atoms with E-state index in [1.165, 1.54) is 0 Å². The van der Waals surface area contributed by atoms with E-state index in [9.17, 15) is 4.79 Å². The minimum atomic E-state index is -0.545. The van der Waals surface area contributed by atoms with E-state index in [1.54, 1.807) is 12.4 Å². The van der Waals surface area contributed by atoms with Gasteiger partial charge in [-0.25, -0.2) is 14.8 Å². The quantitative estimate of drug-likeness (QED) is 0.727. The van der Waals surface area contributed by atoms with Crippen LogP contribution < -0.4 is 11.1 Å². The molecule has 33 heavy (non-hydrogen) atoms. The Morgan fingerprint density at radius 1 is 1.30 bits per heavy atom. The number of nitrogen functional groups attached to an aromatic ring is 1. The number of benzene rings is 1. The largest absolute Gasteiger partial charge is 0.444 e. The fourth-order valence-corrected chi connectivity index (χ4v) is 3.82. The molecule has 2 aliphatic heterocycles. The molecule has 0 saturated carbocycles. The molecule has 1 aromatic carbocycles. The second kappa shape index (κ2) is 9.01. The summed E-state index contributed by atoms with van der Waals surface area (Å²) in [5.41, 5.74) is 8.70. The fraction of sp³-hybridized carbons (Fsp3) is 0.375. The number of hydrogen-bond acceptors (Lipinski definition) is 8. The van der Waals surface area contributed by atoms with E-state index in [4.69, 9.17) is 20.4 Å². The second-order valence-electron chi connectivity index (χ2n) is 8.90. The fourth-order valence-electron chi connectivity index (χ4n) is 3.82. The summed E-state index contributed by atoms with van der Waals surface area (Å²) in [6.07, 6.45) is 6.87. The maximum absolute atomic E-state index is 12.0. The van der Waals surface area contributed by atoms with E-state index < -0.39 is 11.7 Å². The maximum Gasteiger partial charge on any atom is 0.407 e. The Balaban J connectivity index is 1.57. The average molecular weight is 448 g/mol. The lowest BCUT2D eigenvalue weighted by atomic mass is 10.1. The van der Waals surface area contributed by atoms with Crippen molar-refractivity contribution >= 4 is 24.0 Å². The Labute approximate surface area is 193 Å². The molecular formula is C24H29N7O2. The van der Waals surface area contributed by atoms with E-state index in [2.05, 4.69) is 27.1 Å². The summed E-state index contributed by atoms with van der Waals surface area (Å²) in [5, 5.41) is 2.78. The van der Waals surface area contributed by atoms with Crippen LogP contribution in [0, 0.1) is 0 Å². The van der Waals surface area contributed by atoms with Crippen molar-refractivity contribution in [3.8, 4) is 11.3 Å². The van der Waals surface area contributed by atoms with Crippen molar-refractivity contribution in [1.82, 2.24) is 20.2 Å². The number of anilines is 1. The summed E-state index contributed by atoms with van der Waals surface area (Å²) in [4.78, 5) is 32.4. The topological polar surface area (TPSA) is 118 Å². The number of aromatic nitrogens is 2. The highest BCUT2D eigenvalue weighted by atomic mass is 16.6. The number of ether oxygens (including phenoxy) is 1. The molecule has 9 heteroatoms. The molecule has 0 spiro atoms. The molecular weight excluding hydrogens is 418 g/mol. The Morgan fingerprint density at radius 3 is 2.88 bits per heavy atom. The van der Waals surface area contributed by atoms with Crippen LogP contribution in [0.4, 0.5) is 10.6 Å². The number of rotatable bonds is 5. The van der Waals surface area contributed by atoms with Crippen LogP contribution in [-0.4, -0.2) is 57.2 Å². The van der Waals surface area contributed by atoms with Gasteiger partial charge in [-0.05, 0) is 45.4 Å². The van der Waals surface area contributed by atoms with Gasteiger partial charge in [0.1, 0.15) is 17.3 Å². The van der Waals surface area contributed by atoms with Gasteiger partial charge in [0.25, 0.3) is 0 Å². The summed E-state index contributed by atoms with van der Waals surface area (Å²) in [5.74, 6) is 1.05. The zero-order valence-electron chi connectivity index (χ0n) is 19.3. The minimum Gasteiger partial charge on any atom is -0.444 e. The number of carbonyl (C=O) groups excluding carboxylic acids is 1. The summed E-state index contributed by atoms with van der Waals surface area (Å²) >= 11 is 0. The number of nitrogens with two attached hydrogens (primary N) is 1. The molecule has 0 fully saturated rings. The van der Waals surface area contributed by atoms with Crippen LogP contribution in [0.25, 0.3) is 11.3 Å². The maximum atomic E-state index is 12.0. The van der Waals surface area contributed by atoms with E-state index in [0.717, 1.165) is 23.5 Å². The van der Waals surface area contributed by atoms with Gasteiger partial charge < -0.3 is 20.7 Å². The third-order valence-corrected chi connectivity index (χ3v) is 5.27. The number of alkyl carbamates (subject to hydrolysis) is 1. The molecule has 0 bridgehead atoms. The molecule has 3 N–H and O–H groups in total. The van der Waals surface area contributed by atoms with Crippen LogP contribution in [0.3, 0.4) is 0 Å². The normalized spacial score (nSPS) is 19.3. The molecule has 1 aromatic heterocycles. The summed E-state index contributed by atoms with van der Waals surface area (Å²) in [7, 11) is 0. The van der Waals surface area contributed by atoms with Crippen LogP contribution in [-0.2, 0) is 11.3 Å². The molecule has 2 atom stereocenters. The van der Waals surface area contributed by atoms with Crippen LogP contribution in [0.15, 0.2) is 52.7 Å². The molecule has 0 radical (unpaired) electrons. The first-order chi connectivity index (χ1) is 15.7. The van der Waals surface area contributed by atoms with E-state index >= 15 is 0 Å². The molecule has 1 amide bonds. The van der Waals surface area contributed by atoms with Gasteiger partial charge in [-0.1, -0.05) is 18.2 Å². The van der Waals surface area contributed by atoms with Crippen LogP contribution in [0.2, 0.25) is 0 Å². The third kappa shape index (κ3) is 5.02. The third-order valence-electron chi connectivity index (χ3n) is 5.27. The van der Waals surface area contributed by atoms with Gasteiger partial charge >= 0.3 is 6.09 Å². The second-order valence-corrected chi connectivity index (χ2v) is 8.90. The number of nitrogens with one attached hydrogen (secondary N) is 1. The predicted molar refractivity (Wildman–Crippen MR) is 129 cm³/mol. The van der Waals surface area contributed by atoms with Crippen molar-refractivity contribution in [3.63, 3.8) is 0 Å². The Morgan fingerprint density at radius 2 is 2.12 bits per heavy atom. The lowest BCUT2D eigenvalue weighted by Gasteiger charge is -2.26. The lowest BCUT2D eigenvalue weighted by molar-refractivity contribution is 0.0523. The monoisotopic (exact) mass is 447 g/mol. The van der Waals surface area contributed by atoms with Crippen molar-refractivity contribution in [1.29, 1.82) is 0 Å². The van der Waals surface area contributed by atoms with Crippen molar-refractivity contribution in [2.45, 2.75) is 51.9 Å². The van der Waals surface area contributed by atoms with E-state index in [-0.39, 0.29) is 12.1 Å². The number of likely N-dealkylation sites (N-methyl/N-ethyl adjacent to an activating group) is 1. The summed E-state index contributed by atoms with van der Waals surface area (Å²) in [6.45, 7) is 8.66. The average Bonchev–Trinajstić information content (AvgIpc) is 3.15. The number of hydrogen-bond donors (Lipinski definition) is 2. The summed E-state index contributed by atoms with van der Waals surface area (Å²) < 4.78 is 5.30. The zero-order chi connectivity index (χ0) is 23.6. The number of carbonyl (C=O) groups is 1. The van der Waals surface area contributed by atoms with Gasteiger partial charge in [0.2, 0.25) is 0 Å². The van der Waals surface area contributed by atoms with E-state index in [0.29, 0.717) is 23.8 Å². The van der Waals surface area contributed by atoms with Crippen molar-refractivity contribution in [2.24, 2.45) is 9.98 Å². The Kier molecular flexibility index (Phi) is 6.13.